The van der Waals surface area contributed by atoms with Gasteiger partial charge in [-0.25, -0.2) is 0 Å². The van der Waals surface area contributed by atoms with E-state index in [0.717, 1.165) is 0 Å². The number of aliphatic hydroxyl groups excluding tert-OH is 1. The van der Waals surface area contributed by atoms with Gasteiger partial charge in [-0.15, -0.1) is 0 Å². The third-order valence-electron chi connectivity index (χ3n) is 1.93. The highest BCUT2D eigenvalue weighted by Crippen LogP contribution is 2.32. The zero-order valence-electron chi connectivity index (χ0n) is 6.58. The van der Waals surface area contributed by atoms with E-state index in [1.807, 2.05) is 6.07 Å². The number of nitriles is 1. The molecule has 1 unspecified atom stereocenters. The molecule has 0 saturated heterocycles. The molecule has 0 bridgehead atoms. The van der Waals surface area contributed by atoms with E-state index in [2.05, 4.69) is 5.32 Å². The summed E-state index contributed by atoms with van der Waals surface area (Å²) in [4.78, 5) is 0. The predicted molar refractivity (Wildman–Crippen MR) is 41.8 cm³/mol. The Kier molecular flexibility index (Phi) is 3.34. The van der Waals surface area contributed by atoms with Crippen LogP contribution in [0, 0.1) is 17.2 Å². The van der Waals surface area contributed by atoms with Crippen LogP contribution in [0.4, 0.5) is 0 Å². The van der Waals surface area contributed by atoms with Crippen molar-refractivity contribution < 1.29 is 5.11 Å². The van der Waals surface area contributed by atoms with Crippen LogP contribution < -0.4 is 5.32 Å². The molecule has 0 aromatic carbocycles. The maximum Gasteiger partial charge on any atom is 0.0692 e. The molecule has 1 aliphatic rings. The van der Waals surface area contributed by atoms with Crippen LogP contribution in [-0.2, 0) is 0 Å². The number of hydrogen-bond acceptors (Lipinski definition) is 3. The van der Waals surface area contributed by atoms with Crippen molar-refractivity contribution in [1.29, 1.82) is 5.26 Å². The summed E-state index contributed by atoms with van der Waals surface area (Å²) in [5.41, 5.74) is 0. The van der Waals surface area contributed by atoms with E-state index in [9.17, 15) is 5.11 Å². The molecule has 62 valence electrons. The second kappa shape index (κ2) is 4.32. The maximum atomic E-state index is 9.34. The van der Waals surface area contributed by atoms with Gasteiger partial charge in [-0.1, -0.05) is 0 Å². The Morgan fingerprint density at radius 1 is 1.64 bits per heavy atom. The molecule has 1 rings (SSSR count). The first-order valence-electron chi connectivity index (χ1n) is 4.10. The quantitative estimate of drug-likeness (QED) is 0.558. The molecule has 0 amide bonds. The highest BCUT2D eigenvalue weighted by atomic mass is 16.3. The van der Waals surface area contributed by atoms with Gasteiger partial charge in [0.05, 0.1) is 12.2 Å². The van der Waals surface area contributed by atoms with E-state index in [1.165, 1.54) is 12.8 Å². The lowest BCUT2D eigenvalue weighted by molar-refractivity contribution is 0.149. The molecule has 1 atom stereocenters. The van der Waals surface area contributed by atoms with E-state index in [0.29, 0.717) is 25.4 Å². The van der Waals surface area contributed by atoms with Gasteiger partial charge in [-0.2, -0.15) is 5.26 Å². The van der Waals surface area contributed by atoms with E-state index in [-0.39, 0.29) is 6.10 Å². The number of nitrogens with zero attached hydrogens (tertiary/aromatic N) is 1. The fourth-order valence-electron chi connectivity index (χ4n) is 1.04. The van der Waals surface area contributed by atoms with E-state index in [4.69, 9.17) is 5.26 Å². The maximum absolute atomic E-state index is 9.34. The number of hydrogen-bond donors (Lipinski definition) is 2. The van der Waals surface area contributed by atoms with E-state index < -0.39 is 0 Å². The first kappa shape index (κ1) is 8.51. The van der Waals surface area contributed by atoms with Crippen LogP contribution in [0.5, 0.6) is 0 Å². The molecule has 0 aromatic rings. The van der Waals surface area contributed by atoms with Crippen molar-refractivity contribution in [2.45, 2.75) is 25.4 Å². The highest BCUT2D eigenvalue weighted by Gasteiger charge is 2.28. The number of rotatable bonds is 5. The molecule has 1 saturated carbocycles. The van der Waals surface area contributed by atoms with Crippen LogP contribution in [0.25, 0.3) is 0 Å². The molecule has 2 N–H and O–H groups in total. The lowest BCUT2D eigenvalue weighted by Gasteiger charge is -2.08. The normalized spacial score (nSPS) is 19.3. The lowest BCUT2D eigenvalue weighted by atomic mass is 10.2. The van der Waals surface area contributed by atoms with Gasteiger partial charge in [0.1, 0.15) is 0 Å². The molecular weight excluding hydrogens is 140 g/mol. The largest absolute Gasteiger partial charge is 0.392 e. The highest BCUT2D eigenvalue weighted by molar-refractivity contribution is 4.82. The molecular formula is C8H14N2O. The van der Waals surface area contributed by atoms with Gasteiger partial charge in [0, 0.05) is 19.5 Å². The van der Waals surface area contributed by atoms with Crippen LogP contribution in [0.1, 0.15) is 19.3 Å². The summed E-state index contributed by atoms with van der Waals surface area (Å²) in [6.07, 6.45) is 2.67. The lowest BCUT2D eigenvalue weighted by Crippen LogP contribution is -2.28. The van der Waals surface area contributed by atoms with Crippen molar-refractivity contribution in [3.05, 3.63) is 0 Å². The summed E-state index contributed by atoms with van der Waals surface area (Å²) in [6.45, 7) is 1.34. The van der Waals surface area contributed by atoms with Crippen LogP contribution in [-0.4, -0.2) is 24.3 Å². The third-order valence-corrected chi connectivity index (χ3v) is 1.93. The molecule has 0 aliphatic heterocycles. The standard InChI is InChI=1S/C8H14N2O/c9-4-1-5-10-6-8(11)7-2-3-7/h7-8,10-11H,1-3,5-6H2. The van der Waals surface area contributed by atoms with Crippen molar-refractivity contribution in [2.75, 3.05) is 13.1 Å². The summed E-state index contributed by atoms with van der Waals surface area (Å²) in [5, 5.41) is 20.6. The van der Waals surface area contributed by atoms with Crippen LogP contribution in [0.15, 0.2) is 0 Å². The van der Waals surface area contributed by atoms with Crippen molar-refractivity contribution in [3.63, 3.8) is 0 Å². The summed E-state index contributed by atoms with van der Waals surface area (Å²) in [7, 11) is 0. The molecule has 0 heterocycles. The fraction of sp³-hybridized carbons (Fsp3) is 0.875. The monoisotopic (exact) mass is 154 g/mol. The number of aliphatic hydroxyl groups is 1. The SMILES string of the molecule is N#CCCNCC(O)C1CC1. The van der Waals surface area contributed by atoms with Gasteiger partial charge in [-0.05, 0) is 18.8 Å². The van der Waals surface area contributed by atoms with E-state index in [1.54, 1.807) is 0 Å². The zero-order valence-corrected chi connectivity index (χ0v) is 6.58. The smallest absolute Gasteiger partial charge is 0.0692 e. The average Bonchev–Trinajstić information content (AvgIpc) is 2.79. The minimum absolute atomic E-state index is 0.186. The van der Waals surface area contributed by atoms with Crippen molar-refractivity contribution in [1.82, 2.24) is 5.32 Å². The van der Waals surface area contributed by atoms with Crippen LogP contribution >= 0.6 is 0 Å². The minimum atomic E-state index is -0.186. The summed E-state index contributed by atoms with van der Waals surface area (Å²) >= 11 is 0. The summed E-state index contributed by atoms with van der Waals surface area (Å²) in [6, 6.07) is 2.04. The summed E-state index contributed by atoms with van der Waals surface area (Å²) in [5.74, 6) is 0.532. The fourth-order valence-corrected chi connectivity index (χ4v) is 1.04. The van der Waals surface area contributed by atoms with Gasteiger partial charge < -0.3 is 10.4 Å². The molecule has 1 fully saturated rings. The Bertz CT molecular complexity index is 149. The average molecular weight is 154 g/mol. The minimum Gasteiger partial charge on any atom is -0.392 e. The van der Waals surface area contributed by atoms with Gasteiger partial charge >= 0.3 is 0 Å². The predicted octanol–water partition coefficient (Wildman–Crippen LogP) is 0.261. The van der Waals surface area contributed by atoms with Gasteiger partial charge in [0.15, 0.2) is 0 Å². The Labute approximate surface area is 67.0 Å². The first-order valence-corrected chi connectivity index (χ1v) is 4.10. The van der Waals surface area contributed by atoms with Gasteiger partial charge in [0.25, 0.3) is 0 Å². The second-order valence-corrected chi connectivity index (χ2v) is 3.02. The van der Waals surface area contributed by atoms with E-state index >= 15 is 0 Å². The summed E-state index contributed by atoms with van der Waals surface area (Å²) < 4.78 is 0. The second-order valence-electron chi connectivity index (χ2n) is 3.02. The van der Waals surface area contributed by atoms with Crippen LogP contribution in [0.3, 0.4) is 0 Å². The molecule has 0 radical (unpaired) electrons. The van der Waals surface area contributed by atoms with Crippen molar-refractivity contribution in [2.24, 2.45) is 5.92 Å². The third kappa shape index (κ3) is 3.35. The molecule has 3 nitrogen and oxygen atoms in total. The molecule has 0 aromatic heterocycles. The number of nitrogens with one attached hydrogen (secondary N) is 1. The first-order chi connectivity index (χ1) is 5.34. The van der Waals surface area contributed by atoms with Crippen LogP contribution in [0.2, 0.25) is 0 Å². The Hall–Kier alpha value is -0.590. The Morgan fingerprint density at radius 2 is 2.36 bits per heavy atom. The van der Waals surface area contributed by atoms with Gasteiger partial charge in [-0.3, -0.25) is 0 Å². The van der Waals surface area contributed by atoms with Crippen molar-refractivity contribution >= 4 is 0 Å². The topological polar surface area (TPSA) is 56.0 Å². The zero-order chi connectivity index (χ0) is 8.10. The Morgan fingerprint density at radius 3 is 2.91 bits per heavy atom. The molecule has 3 heteroatoms. The van der Waals surface area contributed by atoms with Crippen molar-refractivity contribution in [3.8, 4) is 6.07 Å². The molecule has 1 aliphatic carbocycles. The molecule has 0 spiro atoms. The van der Waals surface area contributed by atoms with Gasteiger partial charge in [0.2, 0.25) is 0 Å². The molecule has 11 heavy (non-hydrogen) atoms. The Balaban J connectivity index is 1.90.